The predicted molar refractivity (Wildman–Crippen MR) is 102 cm³/mol. The van der Waals surface area contributed by atoms with Crippen molar-refractivity contribution in [2.75, 3.05) is 18.5 Å². The van der Waals surface area contributed by atoms with Crippen LogP contribution in [-0.4, -0.2) is 41.3 Å². The minimum atomic E-state index is -0.775. The smallest absolute Gasteiger partial charge is 0.313 e. The molecule has 2 heterocycles. The van der Waals surface area contributed by atoms with Crippen molar-refractivity contribution in [3.63, 3.8) is 0 Å². The van der Waals surface area contributed by atoms with E-state index in [4.69, 9.17) is 13.9 Å². The Bertz CT molecular complexity index is 1030. The third-order valence-corrected chi connectivity index (χ3v) is 4.18. The minimum absolute atomic E-state index is 0.149. The van der Waals surface area contributed by atoms with Crippen LogP contribution in [0.1, 0.15) is 5.89 Å². The number of aryl methyl sites for hydroxylation is 1. The number of aromatic nitrogens is 2. The third-order valence-electron chi connectivity index (χ3n) is 4.18. The standard InChI is InChI=1S/C20H18N4O5/c1-12-23-24-20(28-12)13-6-8-14(9-7-13)22-19(26)18(25)21-10-15-11-27-16-4-2-3-5-17(16)29-15/h2-9,15H,10-11H2,1H3,(H,21,25)(H,22,26)/t15-/m1/s1. The van der Waals surface area contributed by atoms with Crippen LogP contribution in [0.4, 0.5) is 5.69 Å². The maximum atomic E-state index is 12.1. The number of benzene rings is 2. The fraction of sp³-hybridized carbons (Fsp3) is 0.200. The van der Waals surface area contributed by atoms with Gasteiger partial charge in [-0.25, -0.2) is 0 Å². The lowest BCUT2D eigenvalue weighted by Gasteiger charge is -2.26. The van der Waals surface area contributed by atoms with E-state index in [1.165, 1.54) is 0 Å². The number of hydrogen-bond acceptors (Lipinski definition) is 7. The molecular weight excluding hydrogens is 376 g/mol. The number of ether oxygens (including phenoxy) is 2. The van der Waals surface area contributed by atoms with Gasteiger partial charge in [0.25, 0.3) is 0 Å². The Hall–Kier alpha value is -3.88. The zero-order valence-corrected chi connectivity index (χ0v) is 15.5. The van der Waals surface area contributed by atoms with Gasteiger partial charge >= 0.3 is 11.8 Å². The van der Waals surface area contributed by atoms with Crippen molar-refractivity contribution >= 4 is 17.5 Å². The zero-order chi connectivity index (χ0) is 20.2. The average molecular weight is 394 g/mol. The molecule has 0 unspecified atom stereocenters. The third kappa shape index (κ3) is 4.34. The molecule has 1 aliphatic rings. The molecule has 0 saturated heterocycles. The summed E-state index contributed by atoms with van der Waals surface area (Å²) in [7, 11) is 0. The summed E-state index contributed by atoms with van der Waals surface area (Å²) in [4.78, 5) is 24.2. The van der Waals surface area contributed by atoms with Crippen molar-refractivity contribution in [2.24, 2.45) is 0 Å². The second kappa shape index (κ2) is 8.01. The number of para-hydroxylation sites is 2. The largest absolute Gasteiger partial charge is 0.486 e. The zero-order valence-electron chi connectivity index (χ0n) is 15.5. The maximum Gasteiger partial charge on any atom is 0.313 e. The van der Waals surface area contributed by atoms with E-state index < -0.39 is 11.8 Å². The summed E-state index contributed by atoms with van der Waals surface area (Å²) < 4.78 is 16.7. The van der Waals surface area contributed by atoms with Gasteiger partial charge in [0.1, 0.15) is 12.7 Å². The van der Waals surface area contributed by atoms with E-state index in [1.54, 1.807) is 37.3 Å². The Balaban J connectivity index is 1.28. The second-order valence-electron chi connectivity index (χ2n) is 6.37. The summed E-state index contributed by atoms with van der Waals surface area (Å²) in [6.07, 6.45) is -0.376. The van der Waals surface area contributed by atoms with Crippen LogP contribution in [0.15, 0.2) is 52.9 Å². The van der Waals surface area contributed by atoms with Crippen LogP contribution in [0.3, 0.4) is 0 Å². The van der Waals surface area contributed by atoms with Crippen molar-refractivity contribution < 1.29 is 23.5 Å². The molecule has 148 valence electrons. The topological polar surface area (TPSA) is 116 Å². The van der Waals surface area contributed by atoms with Crippen molar-refractivity contribution in [1.29, 1.82) is 0 Å². The Morgan fingerprint density at radius 3 is 2.52 bits per heavy atom. The molecule has 2 N–H and O–H groups in total. The molecule has 1 atom stereocenters. The van der Waals surface area contributed by atoms with Gasteiger partial charge in [-0.05, 0) is 36.4 Å². The first-order valence-corrected chi connectivity index (χ1v) is 8.97. The van der Waals surface area contributed by atoms with Crippen LogP contribution >= 0.6 is 0 Å². The number of carbonyl (C=O) groups is 2. The van der Waals surface area contributed by atoms with Gasteiger partial charge in [0.05, 0.1) is 6.54 Å². The minimum Gasteiger partial charge on any atom is -0.486 e. The molecule has 1 aromatic heterocycles. The van der Waals surface area contributed by atoms with Gasteiger partial charge in [0.15, 0.2) is 11.5 Å². The molecule has 2 aromatic carbocycles. The lowest BCUT2D eigenvalue weighted by molar-refractivity contribution is -0.136. The Kier molecular flexibility index (Phi) is 5.10. The first-order chi connectivity index (χ1) is 14.1. The lowest BCUT2D eigenvalue weighted by Crippen LogP contribution is -2.44. The molecule has 0 aliphatic carbocycles. The molecular formula is C20H18N4O5. The maximum absolute atomic E-state index is 12.1. The quantitative estimate of drug-likeness (QED) is 0.650. The number of hydrogen-bond donors (Lipinski definition) is 2. The number of rotatable bonds is 4. The van der Waals surface area contributed by atoms with Gasteiger partial charge in [-0.2, -0.15) is 0 Å². The molecule has 0 spiro atoms. The van der Waals surface area contributed by atoms with Crippen LogP contribution in [0.5, 0.6) is 11.5 Å². The van der Waals surface area contributed by atoms with Crippen LogP contribution < -0.4 is 20.1 Å². The van der Waals surface area contributed by atoms with E-state index in [9.17, 15) is 9.59 Å². The average Bonchev–Trinajstić information content (AvgIpc) is 3.18. The molecule has 1 aliphatic heterocycles. The Morgan fingerprint density at radius 2 is 1.79 bits per heavy atom. The number of nitrogens with zero attached hydrogens (tertiary/aromatic N) is 2. The molecule has 4 rings (SSSR count). The first kappa shape index (κ1) is 18.5. The first-order valence-electron chi connectivity index (χ1n) is 8.97. The summed E-state index contributed by atoms with van der Waals surface area (Å²) >= 11 is 0. The molecule has 2 amide bonds. The highest BCUT2D eigenvalue weighted by Gasteiger charge is 2.22. The van der Waals surface area contributed by atoms with Crippen molar-refractivity contribution in [3.8, 4) is 23.0 Å². The van der Waals surface area contributed by atoms with Gasteiger partial charge in [-0.15, -0.1) is 10.2 Å². The summed E-state index contributed by atoms with van der Waals surface area (Å²) in [6, 6.07) is 14.0. The highest BCUT2D eigenvalue weighted by atomic mass is 16.6. The van der Waals surface area contributed by atoms with Crippen LogP contribution in [0, 0.1) is 6.92 Å². The van der Waals surface area contributed by atoms with Crippen LogP contribution in [-0.2, 0) is 9.59 Å². The molecule has 0 radical (unpaired) electrons. The summed E-state index contributed by atoms with van der Waals surface area (Å²) in [6.45, 7) is 2.14. The summed E-state index contributed by atoms with van der Waals surface area (Å²) in [5.74, 6) is 0.581. The number of fused-ring (bicyclic) bond motifs is 1. The van der Waals surface area contributed by atoms with E-state index in [-0.39, 0.29) is 19.3 Å². The molecule has 9 heteroatoms. The highest BCUT2D eigenvalue weighted by molar-refractivity contribution is 6.39. The van der Waals surface area contributed by atoms with Crippen LogP contribution in [0.2, 0.25) is 0 Å². The molecule has 9 nitrogen and oxygen atoms in total. The molecule has 0 bridgehead atoms. The van der Waals surface area contributed by atoms with E-state index in [0.29, 0.717) is 34.5 Å². The Morgan fingerprint density at radius 1 is 1.03 bits per heavy atom. The van der Waals surface area contributed by atoms with E-state index >= 15 is 0 Å². The summed E-state index contributed by atoms with van der Waals surface area (Å²) in [5, 5.41) is 12.8. The number of nitrogens with one attached hydrogen (secondary N) is 2. The second-order valence-corrected chi connectivity index (χ2v) is 6.37. The summed E-state index contributed by atoms with van der Waals surface area (Å²) in [5.41, 5.74) is 1.18. The van der Waals surface area contributed by atoms with Crippen LogP contribution in [0.25, 0.3) is 11.5 Å². The lowest BCUT2D eigenvalue weighted by atomic mass is 10.2. The molecule has 3 aromatic rings. The van der Waals surface area contributed by atoms with Crippen molar-refractivity contribution in [2.45, 2.75) is 13.0 Å². The Labute approximate surface area is 166 Å². The molecule has 0 saturated carbocycles. The van der Waals surface area contributed by atoms with Gasteiger partial charge in [0, 0.05) is 18.2 Å². The highest BCUT2D eigenvalue weighted by Crippen LogP contribution is 2.30. The fourth-order valence-corrected chi connectivity index (χ4v) is 2.75. The normalized spacial score (nSPS) is 14.9. The fourth-order valence-electron chi connectivity index (χ4n) is 2.75. The van der Waals surface area contributed by atoms with E-state index in [1.807, 2.05) is 18.2 Å². The SMILES string of the molecule is Cc1nnc(-c2ccc(NC(=O)C(=O)NC[C@@H]3COc4ccccc4O3)cc2)o1. The number of amides is 2. The van der Waals surface area contributed by atoms with Gasteiger partial charge in [-0.1, -0.05) is 12.1 Å². The predicted octanol–water partition coefficient (Wildman–Crippen LogP) is 1.94. The van der Waals surface area contributed by atoms with E-state index in [0.717, 1.165) is 0 Å². The van der Waals surface area contributed by atoms with Gasteiger partial charge in [-0.3, -0.25) is 9.59 Å². The number of anilines is 1. The van der Waals surface area contributed by atoms with Gasteiger partial charge < -0.3 is 24.5 Å². The molecule has 0 fully saturated rings. The van der Waals surface area contributed by atoms with Crippen molar-refractivity contribution in [3.05, 3.63) is 54.4 Å². The molecule has 29 heavy (non-hydrogen) atoms. The van der Waals surface area contributed by atoms with E-state index in [2.05, 4.69) is 20.8 Å². The number of carbonyl (C=O) groups excluding carboxylic acids is 2. The van der Waals surface area contributed by atoms with Gasteiger partial charge in [0.2, 0.25) is 11.8 Å². The van der Waals surface area contributed by atoms with Crippen molar-refractivity contribution in [1.82, 2.24) is 15.5 Å². The monoisotopic (exact) mass is 394 g/mol.